The number of nitrogens with two attached hydrogens (primary N) is 1. The van der Waals surface area contributed by atoms with Crippen molar-refractivity contribution in [2.75, 3.05) is 26.2 Å². The van der Waals surface area contributed by atoms with E-state index in [1.807, 2.05) is 0 Å². The standard InChI is InChI=1S/C17H29N5O2S/c1-3-21-25(23,24)16-9-7-14(8-10-16)12-19-17(18)20-13-15-6-5-11-22(15)4-2/h7-10,15,21H,3-6,11-13H2,1-2H3,(H3,18,19,20). The van der Waals surface area contributed by atoms with Crippen molar-refractivity contribution in [1.82, 2.24) is 14.9 Å². The zero-order chi connectivity index (χ0) is 18.3. The number of nitrogens with one attached hydrogen (secondary N) is 2. The van der Waals surface area contributed by atoms with Crippen LogP contribution < -0.4 is 15.8 Å². The van der Waals surface area contributed by atoms with Crippen LogP contribution in [0, 0.1) is 0 Å². The van der Waals surface area contributed by atoms with Crippen LogP contribution in [-0.4, -0.2) is 51.5 Å². The first-order valence-corrected chi connectivity index (χ1v) is 10.3. The third-order valence-corrected chi connectivity index (χ3v) is 5.99. The van der Waals surface area contributed by atoms with Crippen LogP contribution in [0.4, 0.5) is 0 Å². The number of guanidine groups is 1. The molecule has 0 bridgehead atoms. The molecule has 140 valence electrons. The summed E-state index contributed by atoms with van der Waals surface area (Å²) < 4.78 is 26.3. The van der Waals surface area contributed by atoms with Gasteiger partial charge >= 0.3 is 0 Å². The molecule has 1 aliphatic heterocycles. The highest BCUT2D eigenvalue weighted by molar-refractivity contribution is 7.89. The number of benzene rings is 1. The molecule has 1 aliphatic rings. The fourth-order valence-corrected chi connectivity index (χ4v) is 4.09. The van der Waals surface area contributed by atoms with Crippen LogP contribution in [0.25, 0.3) is 0 Å². The molecule has 0 radical (unpaired) electrons. The molecule has 25 heavy (non-hydrogen) atoms. The Labute approximate surface area is 150 Å². The monoisotopic (exact) mass is 367 g/mol. The molecular formula is C17H29N5O2S. The summed E-state index contributed by atoms with van der Waals surface area (Å²) in [5, 5.41) is 3.19. The number of likely N-dealkylation sites (tertiary alicyclic amines) is 1. The Balaban J connectivity index is 1.86. The van der Waals surface area contributed by atoms with Crippen molar-refractivity contribution >= 4 is 16.0 Å². The van der Waals surface area contributed by atoms with Gasteiger partial charge in [-0.15, -0.1) is 0 Å². The highest BCUT2D eigenvalue weighted by Crippen LogP contribution is 2.15. The zero-order valence-electron chi connectivity index (χ0n) is 15.0. The van der Waals surface area contributed by atoms with Gasteiger partial charge in [0.15, 0.2) is 5.96 Å². The minimum absolute atomic E-state index is 0.258. The lowest BCUT2D eigenvalue weighted by Gasteiger charge is -2.23. The fourth-order valence-electron chi connectivity index (χ4n) is 3.04. The summed E-state index contributed by atoms with van der Waals surface area (Å²) in [6.07, 6.45) is 2.43. The molecule has 1 aromatic carbocycles. The fraction of sp³-hybridized carbons (Fsp3) is 0.588. The molecule has 0 aliphatic carbocycles. The van der Waals surface area contributed by atoms with E-state index < -0.39 is 10.0 Å². The highest BCUT2D eigenvalue weighted by Gasteiger charge is 2.22. The van der Waals surface area contributed by atoms with Crippen LogP contribution in [0.5, 0.6) is 0 Å². The maximum absolute atomic E-state index is 11.9. The maximum Gasteiger partial charge on any atom is 0.240 e. The average Bonchev–Trinajstić information content (AvgIpc) is 3.06. The first-order valence-electron chi connectivity index (χ1n) is 8.82. The molecule has 0 aromatic heterocycles. The molecule has 2 rings (SSSR count). The second-order valence-electron chi connectivity index (χ2n) is 6.15. The molecular weight excluding hydrogens is 338 g/mol. The van der Waals surface area contributed by atoms with Crippen molar-refractivity contribution in [3.63, 3.8) is 0 Å². The molecule has 1 fully saturated rings. The first-order chi connectivity index (χ1) is 12.0. The zero-order valence-corrected chi connectivity index (χ0v) is 15.8. The van der Waals surface area contributed by atoms with Crippen molar-refractivity contribution < 1.29 is 8.42 Å². The summed E-state index contributed by atoms with van der Waals surface area (Å²) in [7, 11) is -3.41. The summed E-state index contributed by atoms with van der Waals surface area (Å²) in [6, 6.07) is 7.22. The minimum Gasteiger partial charge on any atom is -0.370 e. The van der Waals surface area contributed by atoms with Gasteiger partial charge in [-0.2, -0.15) is 0 Å². The summed E-state index contributed by atoms with van der Waals surface area (Å²) in [5.41, 5.74) is 6.85. The van der Waals surface area contributed by atoms with E-state index in [1.165, 1.54) is 12.8 Å². The quantitative estimate of drug-likeness (QED) is 0.468. The first kappa shape index (κ1) is 19.7. The number of nitrogens with zero attached hydrogens (tertiary/aromatic N) is 2. The van der Waals surface area contributed by atoms with E-state index in [4.69, 9.17) is 5.73 Å². The van der Waals surface area contributed by atoms with E-state index in [0.29, 0.717) is 25.1 Å². The van der Waals surface area contributed by atoms with E-state index in [2.05, 4.69) is 26.9 Å². The summed E-state index contributed by atoms with van der Waals surface area (Å²) >= 11 is 0. The SMILES string of the molecule is CCNS(=O)(=O)c1ccc(CN=C(N)NCC2CCCN2CC)cc1. The predicted molar refractivity (Wildman–Crippen MR) is 101 cm³/mol. The van der Waals surface area contributed by atoms with Crippen LogP contribution in [0.3, 0.4) is 0 Å². The predicted octanol–water partition coefficient (Wildman–Crippen LogP) is 0.873. The van der Waals surface area contributed by atoms with Crippen LogP contribution >= 0.6 is 0 Å². The molecule has 4 N–H and O–H groups in total. The summed E-state index contributed by atoms with van der Waals surface area (Å²) in [5.74, 6) is 0.423. The van der Waals surface area contributed by atoms with Gasteiger partial charge in [0.2, 0.25) is 10.0 Å². The number of rotatable bonds is 8. The lowest BCUT2D eigenvalue weighted by Crippen LogP contribution is -2.42. The lowest BCUT2D eigenvalue weighted by atomic mass is 10.2. The maximum atomic E-state index is 11.9. The highest BCUT2D eigenvalue weighted by atomic mass is 32.2. The second kappa shape index (κ2) is 9.17. The van der Waals surface area contributed by atoms with Crippen LogP contribution in [0.1, 0.15) is 32.3 Å². The van der Waals surface area contributed by atoms with Crippen molar-refractivity contribution in [2.24, 2.45) is 10.7 Å². The Hall–Kier alpha value is -1.64. The van der Waals surface area contributed by atoms with Gasteiger partial charge in [-0.05, 0) is 43.6 Å². The van der Waals surface area contributed by atoms with Crippen molar-refractivity contribution in [3.05, 3.63) is 29.8 Å². The van der Waals surface area contributed by atoms with E-state index in [-0.39, 0.29) is 4.90 Å². The number of hydrogen-bond donors (Lipinski definition) is 3. The van der Waals surface area contributed by atoms with Gasteiger partial charge in [-0.25, -0.2) is 18.1 Å². The Morgan fingerprint density at radius 1 is 1.32 bits per heavy atom. The van der Waals surface area contributed by atoms with Crippen LogP contribution in [0.2, 0.25) is 0 Å². The topological polar surface area (TPSA) is 99.8 Å². The normalized spacial score (nSPS) is 19.3. The van der Waals surface area contributed by atoms with Gasteiger partial charge in [0, 0.05) is 19.1 Å². The van der Waals surface area contributed by atoms with Gasteiger partial charge < -0.3 is 11.1 Å². The molecule has 0 saturated carbocycles. The Morgan fingerprint density at radius 3 is 2.68 bits per heavy atom. The number of likely N-dealkylation sites (N-methyl/N-ethyl adjacent to an activating group) is 1. The Bertz CT molecular complexity index is 673. The van der Waals surface area contributed by atoms with E-state index in [9.17, 15) is 8.42 Å². The lowest BCUT2D eigenvalue weighted by molar-refractivity contribution is 0.267. The van der Waals surface area contributed by atoms with Gasteiger partial charge in [0.05, 0.1) is 11.4 Å². The third-order valence-electron chi connectivity index (χ3n) is 4.42. The molecule has 8 heteroatoms. The molecule has 1 saturated heterocycles. The molecule has 1 unspecified atom stereocenters. The molecule has 0 amide bonds. The molecule has 7 nitrogen and oxygen atoms in total. The molecule has 1 aromatic rings. The van der Waals surface area contributed by atoms with Gasteiger partial charge in [-0.1, -0.05) is 26.0 Å². The van der Waals surface area contributed by atoms with Gasteiger partial charge in [-0.3, -0.25) is 4.90 Å². The van der Waals surface area contributed by atoms with E-state index in [1.54, 1.807) is 31.2 Å². The van der Waals surface area contributed by atoms with E-state index >= 15 is 0 Å². The number of hydrogen-bond acceptors (Lipinski definition) is 4. The number of aliphatic imine (C=N–C) groups is 1. The van der Waals surface area contributed by atoms with Gasteiger partial charge in [0.1, 0.15) is 0 Å². The van der Waals surface area contributed by atoms with Crippen LogP contribution in [0.15, 0.2) is 34.2 Å². The minimum atomic E-state index is -3.41. The molecule has 0 spiro atoms. The Morgan fingerprint density at radius 2 is 2.04 bits per heavy atom. The average molecular weight is 368 g/mol. The molecule has 1 heterocycles. The van der Waals surface area contributed by atoms with Crippen LogP contribution in [-0.2, 0) is 16.6 Å². The van der Waals surface area contributed by atoms with Crippen molar-refractivity contribution in [3.8, 4) is 0 Å². The molecule has 1 atom stereocenters. The smallest absolute Gasteiger partial charge is 0.240 e. The summed E-state index contributed by atoms with van der Waals surface area (Å²) in [6.45, 7) is 7.74. The van der Waals surface area contributed by atoms with Gasteiger partial charge in [0.25, 0.3) is 0 Å². The largest absolute Gasteiger partial charge is 0.370 e. The summed E-state index contributed by atoms with van der Waals surface area (Å²) in [4.78, 5) is 7.04. The van der Waals surface area contributed by atoms with Crippen molar-refractivity contribution in [2.45, 2.75) is 44.2 Å². The second-order valence-corrected chi connectivity index (χ2v) is 7.92. The number of sulfonamides is 1. The third kappa shape index (κ3) is 5.69. The van der Waals surface area contributed by atoms with E-state index in [0.717, 1.165) is 25.2 Å². The van der Waals surface area contributed by atoms with Crippen molar-refractivity contribution in [1.29, 1.82) is 0 Å². The Kier molecular flexibility index (Phi) is 7.22.